The van der Waals surface area contributed by atoms with Crippen LogP contribution in [-0.2, 0) is 9.47 Å². The van der Waals surface area contributed by atoms with Crippen molar-refractivity contribution in [3.63, 3.8) is 0 Å². The van der Waals surface area contributed by atoms with Crippen molar-refractivity contribution < 1.29 is 49.8 Å². The highest BCUT2D eigenvalue weighted by Crippen LogP contribution is 2.41. The smallest absolute Gasteiger partial charge is 0.447 e. The van der Waals surface area contributed by atoms with E-state index in [-0.39, 0.29) is 28.8 Å². The Bertz CT molecular complexity index is 1740. The van der Waals surface area contributed by atoms with Gasteiger partial charge in [0.15, 0.2) is 33.7 Å². The average molecular weight is 719 g/mol. The van der Waals surface area contributed by atoms with Crippen molar-refractivity contribution >= 4 is 64.2 Å². The predicted molar refractivity (Wildman–Crippen MR) is 152 cm³/mol. The zero-order valence-corrected chi connectivity index (χ0v) is 26.1. The Balaban J connectivity index is 0.000000222. The number of aromatic nitrogens is 6. The molecule has 0 bridgehead atoms. The molecule has 2 atom stereocenters. The summed E-state index contributed by atoms with van der Waals surface area (Å²) in [5, 5.41) is 1.95. The molecule has 0 saturated carbocycles. The lowest BCUT2D eigenvalue weighted by Crippen LogP contribution is -2.46. The van der Waals surface area contributed by atoms with E-state index in [9.17, 15) is 40.3 Å². The summed E-state index contributed by atoms with van der Waals surface area (Å²) < 4.78 is 102. The number of rotatable bonds is 6. The van der Waals surface area contributed by atoms with E-state index in [1.807, 2.05) is 4.90 Å². The fraction of sp³-hybridized carbons (Fsp3) is 0.417. The summed E-state index contributed by atoms with van der Waals surface area (Å²) in [6, 6.07) is -0.558. The monoisotopic (exact) mass is 718 g/mol. The number of fused-ring (bicyclic) bond motifs is 2. The van der Waals surface area contributed by atoms with Gasteiger partial charge in [0.25, 0.3) is 0 Å². The van der Waals surface area contributed by atoms with Crippen LogP contribution in [0.25, 0.3) is 11.3 Å². The number of carbonyl (C=O) groups is 2. The van der Waals surface area contributed by atoms with Crippen molar-refractivity contribution in [1.82, 2.24) is 33.6 Å². The first kappa shape index (κ1) is 35.3. The maximum Gasteiger partial charge on any atom is 0.447 e. The zero-order chi connectivity index (χ0) is 34.0. The van der Waals surface area contributed by atoms with Crippen molar-refractivity contribution in [2.45, 2.75) is 39.7 Å². The van der Waals surface area contributed by atoms with E-state index in [4.69, 9.17) is 11.6 Å². The molecule has 4 aromatic rings. The first-order valence-electron chi connectivity index (χ1n) is 12.7. The van der Waals surface area contributed by atoms with Gasteiger partial charge in [0.1, 0.15) is 16.2 Å². The summed E-state index contributed by atoms with van der Waals surface area (Å²) >= 11 is 4.78. The second kappa shape index (κ2) is 14.1. The Morgan fingerprint density at radius 3 is 1.91 bits per heavy atom. The number of carbonyl (C=O) groups excluding carboxylic acids is 2. The minimum Gasteiger partial charge on any atom is -0.464 e. The molecule has 0 amide bonds. The molecule has 1 saturated heterocycles. The molecule has 0 radical (unpaired) electrons. The van der Waals surface area contributed by atoms with Crippen LogP contribution in [0.2, 0.25) is 5.15 Å². The number of hydrogen-bond acceptors (Lipinski definition) is 12. The Labute approximate surface area is 268 Å². The van der Waals surface area contributed by atoms with Gasteiger partial charge in [-0.25, -0.2) is 33.9 Å². The van der Waals surface area contributed by atoms with Crippen LogP contribution in [-0.4, -0.2) is 103 Å². The van der Waals surface area contributed by atoms with E-state index in [1.54, 1.807) is 7.05 Å². The number of nitrogens with zero attached hydrogens (tertiary/aromatic N) is 7. The molecule has 0 aliphatic carbocycles. The lowest BCUT2D eigenvalue weighted by atomic mass is 10.0. The number of anilines is 1. The number of nitrogens with one attached hydrogen (secondary N) is 1. The summed E-state index contributed by atoms with van der Waals surface area (Å²) in [5.74, 6) is -1.88. The second-order valence-electron chi connectivity index (χ2n) is 9.31. The molecule has 0 spiro atoms. The maximum absolute atomic E-state index is 14.3. The molecule has 5 heterocycles. The van der Waals surface area contributed by atoms with E-state index >= 15 is 0 Å². The molecule has 5 rings (SSSR count). The number of thioether (sulfide) groups is 2. The van der Waals surface area contributed by atoms with E-state index in [0.717, 1.165) is 23.0 Å². The van der Waals surface area contributed by atoms with E-state index in [1.165, 1.54) is 24.8 Å². The minimum absolute atomic E-state index is 0.00391. The van der Waals surface area contributed by atoms with Crippen LogP contribution in [0, 0.1) is 0 Å². The van der Waals surface area contributed by atoms with Crippen molar-refractivity contribution in [2.75, 3.05) is 39.7 Å². The standard InChI is InChI=1S/C15H17F4N5O2S.C9H5ClF3N3O2S/c1-23-5-3-9(8(16)7-23)21-11-12-22-10(14(25)26-2)13(27-15(17,18)19)24(12)6-4-20-11;1-18-8(17)4-7(19-9(11,12)13)16-3-2-14-5(10)6(16)15-4/h4,6,8-9H,3,5,7H2,1-2H3,(H,20,21);2-3H,1H3/t8-,9+;/m0./s1. The summed E-state index contributed by atoms with van der Waals surface area (Å²) in [6.07, 6.45) is 4.28. The second-order valence-corrected chi connectivity index (χ2v) is 11.8. The molecule has 46 heavy (non-hydrogen) atoms. The molecule has 22 heteroatoms. The number of imidazole rings is 2. The number of likely N-dealkylation sites (tertiary alicyclic amines) is 1. The number of methoxy groups -OCH3 is 2. The first-order valence-corrected chi connectivity index (χ1v) is 14.7. The average Bonchev–Trinajstić information content (AvgIpc) is 3.52. The Hall–Kier alpha value is -3.56. The SMILES string of the molecule is COC(=O)c1nc2c(Cl)nccn2c1SC(F)(F)F.COC(=O)c1nc2c(N[C@@H]3CCN(C)C[C@@H]3F)nccn2c1SC(F)(F)F. The summed E-state index contributed by atoms with van der Waals surface area (Å²) in [6.45, 7) is 0.899. The number of esters is 2. The van der Waals surface area contributed by atoms with Crippen molar-refractivity contribution in [3.05, 3.63) is 41.3 Å². The Morgan fingerprint density at radius 1 is 0.913 bits per heavy atom. The molecular weight excluding hydrogens is 697 g/mol. The largest absolute Gasteiger partial charge is 0.464 e. The normalized spacial score (nSPS) is 17.5. The number of ether oxygens (including phenoxy) is 2. The van der Waals surface area contributed by atoms with E-state index < -0.39 is 80.1 Å². The molecule has 4 aromatic heterocycles. The molecule has 1 N–H and O–H groups in total. The first-order chi connectivity index (χ1) is 21.5. The fourth-order valence-electron chi connectivity index (χ4n) is 4.25. The van der Waals surface area contributed by atoms with Gasteiger partial charge in [-0.2, -0.15) is 26.3 Å². The molecule has 0 aromatic carbocycles. The van der Waals surface area contributed by atoms with Gasteiger partial charge in [-0.1, -0.05) is 11.6 Å². The minimum atomic E-state index is -4.63. The van der Waals surface area contributed by atoms with Crippen LogP contribution < -0.4 is 5.32 Å². The van der Waals surface area contributed by atoms with Crippen LogP contribution in [0.3, 0.4) is 0 Å². The Morgan fingerprint density at radius 2 is 1.41 bits per heavy atom. The molecule has 12 nitrogen and oxygen atoms in total. The summed E-state index contributed by atoms with van der Waals surface area (Å²) in [4.78, 5) is 40.7. The van der Waals surface area contributed by atoms with Gasteiger partial charge in [-0.15, -0.1) is 0 Å². The number of piperidine rings is 1. The summed E-state index contributed by atoms with van der Waals surface area (Å²) in [7, 11) is 3.91. The van der Waals surface area contributed by atoms with Crippen molar-refractivity contribution in [1.29, 1.82) is 0 Å². The van der Waals surface area contributed by atoms with Crippen LogP contribution in [0.4, 0.5) is 36.6 Å². The van der Waals surface area contributed by atoms with Gasteiger partial charge < -0.3 is 19.7 Å². The number of hydrogen-bond donors (Lipinski definition) is 1. The van der Waals surface area contributed by atoms with Gasteiger partial charge in [0.05, 0.1) is 20.3 Å². The van der Waals surface area contributed by atoms with Gasteiger partial charge in [-0.3, -0.25) is 8.80 Å². The number of halogens is 8. The van der Waals surface area contributed by atoms with Crippen molar-refractivity contribution in [2.24, 2.45) is 0 Å². The predicted octanol–water partition coefficient (Wildman–Crippen LogP) is 5.36. The zero-order valence-electron chi connectivity index (χ0n) is 23.7. The van der Waals surface area contributed by atoms with Gasteiger partial charge >= 0.3 is 23.0 Å². The van der Waals surface area contributed by atoms with Crippen molar-refractivity contribution in [3.8, 4) is 0 Å². The third-order valence-corrected chi connectivity index (χ3v) is 8.10. The highest BCUT2D eigenvalue weighted by Gasteiger charge is 2.37. The lowest BCUT2D eigenvalue weighted by Gasteiger charge is -2.32. The highest BCUT2D eigenvalue weighted by atomic mass is 35.5. The quantitative estimate of drug-likeness (QED) is 0.157. The molecular formula is C24H22ClF7N8O4S2. The van der Waals surface area contributed by atoms with Gasteiger partial charge in [0, 0.05) is 61.4 Å². The topological polar surface area (TPSA) is 128 Å². The van der Waals surface area contributed by atoms with Gasteiger partial charge in [-0.05, 0) is 13.5 Å². The van der Waals surface area contributed by atoms with Gasteiger partial charge in [0.2, 0.25) is 0 Å². The van der Waals surface area contributed by atoms with Crippen LogP contribution in [0.1, 0.15) is 27.4 Å². The molecule has 1 fully saturated rings. The third-order valence-electron chi connectivity index (χ3n) is 6.20. The Kier molecular flexibility index (Phi) is 10.8. The van der Waals surface area contributed by atoms with Crippen LogP contribution in [0.5, 0.6) is 0 Å². The molecule has 1 aliphatic rings. The molecule has 250 valence electrons. The fourth-order valence-corrected chi connectivity index (χ4v) is 5.82. The van der Waals surface area contributed by atoms with Crippen LogP contribution in [0.15, 0.2) is 34.8 Å². The molecule has 1 aliphatic heterocycles. The van der Waals surface area contributed by atoms with E-state index in [0.29, 0.717) is 13.0 Å². The number of alkyl halides is 7. The maximum atomic E-state index is 14.3. The lowest BCUT2D eigenvalue weighted by molar-refractivity contribution is -0.0339. The summed E-state index contributed by atoms with van der Waals surface area (Å²) in [5.41, 5.74) is -10.2. The molecule has 0 unspecified atom stereocenters. The third kappa shape index (κ3) is 8.23. The highest BCUT2D eigenvalue weighted by molar-refractivity contribution is 8.00. The van der Waals surface area contributed by atoms with E-state index in [2.05, 4.69) is 34.7 Å². The van der Waals surface area contributed by atoms with Crippen LogP contribution >= 0.6 is 35.1 Å².